The molecule has 0 saturated heterocycles. The van der Waals surface area contributed by atoms with E-state index in [1.54, 1.807) is 10.7 Å². The highest BCUT2D eigenvalue weighted by Gasteiger charge is 2.13. The van der Waals surface area contributed by atoms with Crippen LogP contribution in [0.3, 0.4) is 0 Å². The van der Waals surface area contributed by atoms with Gasteiger partial charge in [-0.2, -0.15) is 5.10 Å². The number of carbonyl (C=O) groups excluding carboxylic acids is 3. The zero-order valence-electron chi connectivity index (χ0n) is 17.2. The predicted octanol–water partition coefficient (Wildman–Crippen LogP) is 2.67. The number of benzene rings is 1. The fraction of sp³-hybridized carbons (Fsp3) is 0.429. The maximum atomic E-state index is 12.2. The van der Waals surface area contributed by atoms with Gasteiger partial charge in [0.2, 0.25) is 5.91 Å². The number of unbranched alkanes of at least 4 members (excludes halogenated alkanes) is 2. The molecule has 0 aliphatic heterocycles. The summed E-state index contributed by atoms with van der Waals surface area (Å²) in [5, 5.41) is 9.84. The summed E-state index contributed by atoms with van der Waals surface area (Å²) in [6.45, 7) is 5.56. The molecule has 0 spiro atoms. The van der Waals surface area contributed by atoms with Gasteiger partial charge < -0.3 is 15.4 Å². The quantitative estimate of drug-likeness (QED) is 0.471. The van der Waals surface area contributed by atoms with Crippen molar-refractivity contribution in [1.82, 2.24) is 15.1 Å². The Kier molecular flexibility index (Phi) is 8.39. The molecule has 8 nitrogen and oxygen atoms in total. The summed E-state index contributed by atoms with van der Waals surface area (Å²) in [5.74, 6) is -0.375. The van der Waals surface area contributed by atoms with Crippen molar-refractivity contribution in [3.8, 4) is 5.69 Å². The van der Waals surface area contributed by atoms with Crippen LogP contribution in [0.2, 0.25) is 0 Å². The van der Waals surface area contributed by atoms with E-state index >= 15 is 0 Å². The number of amides is 2. The van der Waals surface area contributed by atoms with Crippen LogP contribution in [0.25, 0.3) is 5.69 Å². The summed E-state index contributed by atoms with van der Waals surface area (Å²) in [5.41, 5.74) is 2.72. The van der Waals surface area contributed by atoms with Gasteiger partial charge in [-0.25, -0.2) is 4.68 Å². The Labute approximate surface area is 170 Å². The number of nitrogens with zero attached hydrogens (tertiary/aromatic N) is 2. The first-order valence-corrected chi connectivity index (χ1v) is 9.69. The van der Waals surface area contributed by atoms with Gasteiger partial charge in [-0.3, -0.25) is 14.4 Å². The molecule has 0 radical (unpaired) electrons. The third kappa shape index (κ3) is 7.77. The number of aryl methyl sites for hydroxylation is 2. The smallest absolute Gasteiger partial charge is 0.306 e. The minimum atomic E-state index is -0.419. The van der Waals surface area contributed by atoms with Gasteiger partial charge in [-0.05, 0) is 38.8 Å². The molecule has 156 valence electrons. The average molecular weight is 400 g/mol. The molecular formula is C21H28N4O4. The molecule has 2 rings (SSSR count). The normalized spacial score (nSPS) is 10.4. The lowest BCUT2D eigenvalue weighted by Gasteiger charge is -2.10. The van der Waals surface area contributed by atoms with Crippen molar-refractivity contribution in [1.29, 1.82) is 0 Å². The van der Waals surface area contributed by atoms with E-state index in [0.717, 1.165) is 29.8 Å². The number of hydrogen-bond donors (Lipinski definition) is 2. The summed E-state index contributed by atoms with van der Waals surface area (Å²) in [7, 11) is 0. The van der Waals surface area contributed by atoms with Crippen LogP contribution in [-0.2, 0) is 19.1 Å². The van der Waals surface area contributed by atoms with Gasteiger partial charge >= 0.3 is 5.97 Å². The minimum Gasteiger partial charge on any atom is -0.456 e. The van der Waals surface area contributed by atoms with Gasteiger partial charge in [0.1, 0.15) is 5.82 Å². The number of hydrogen-bond acceptors (Lipinski definition) is 5. The zero-order chi connectivity index (χ0) is 21.2. The Bertz CT molecular complexity index is 843. The van der Waals surface area contributed by atoms with Gasteiger partial charge in [-0.15, -0.1) is 0 Å². The van der Waals surface area contributed by atoms with Gasteiger partial charge in [0.05, 0.1) is 11.4 Å². The number of ether oxygens (including phenoxy) is 1. The first-order valence-electron chi connectivity index (χ1n) is 9.69. The molecule has 0 unspecified atom stereocenters. The van der Waals surface area contributed by atoms with Gasteiger partial charge in [0.15, 0.2) is 6.61 Å². The molecular weight excluding hydrogens is 372 g/mol. The molecule has 8 heteroatoms. The topological polar surface area (TPSA) is 102 Å². The molecule has 0 aliphatic rings. The summed E-state index contributed by atoms with van der Waals surface area (Å²) in [6, 6.07) is 9.53. The summed E-state index contributed by atoms with van der Waals surface area (Å²) in [6.07, 6.45) is 2.50. The Balaban J connectivity index is 1.76. The molecule has 29 heavy (non-hydrogen) atoms. The Morgan fingerprint density at radius 2 is 1.79 bits per heavy atom. The SMILES string of the molecule is CC(=O)NCCCCCC(=O)OCC(=O)Nc1cc(C)nn1-c1ccc(C)cc1. The standard InChI is InChI=1S/C21H28N4O4/c1-15-8-10-18(11-9-15)25-19(13-16(2)24-25)23-20(27)14-29-21(28)7-5-4-6-12-22-17(3)26/h8-11,13H,4-7,12,14H2,1-3H3,(H,22,26)(H,23,27). The molecule has 1 heterocycles. The van der Waals surface area contributed by atoms with E-state index in [2.05, 4.69) is 15.7 Å². The largest absolute Gasteiger partial charge is 0.456 e. The number of esters is 1. The first kappa shape index (κ1) is 22.1. The van der Waals surface area contributed by atoms with Crippen LogP contribution < -0.4 is 10.6 Å². The van der Waals surface area contributed by atoms with Crippen LogP contribution in [-0.4, -0.2) is 40.7 Å². The summed E-state index contributed by atoms with van der Waals surface area (Å²) in [4.78, 5) is 34.7. The summed E-state index contributed by atoms with van der Waals surface area (Å²) >= 11 is 0. The van der Waals surface area contributed by atoms with E-state index in [1.807, 2.05) is 38.1 Å². The number of carbonyl (C=O) groups is 3. The maximum Gasteiger partial charge on any atom is 0.306 e. The van der Waals surface area contributed by atoms with Crippen LogP contribution >= 0.6 is 0 Å². The molecule has 2 N–H and O–H groups in total. The third-order valence-corrected chi connectivity index (χ3v) is 4.17. The monoisotopic (exact) mass is 400 g/mol. The van der Waals surface area contributed by atoms with E-state index in [9.17, 15) is 14.4 Å². The minimum absolute atomic E-state index is 0.0608. The molecule has 2 amide bonds. The van der Waals surface area contributed by atoms with Crippen LogP contribution in [0.15, 0.2) is 30.3 Å². The molecule has 1 aromatic heterocycles. The highest BCUT2D eigenvalue weighted by molar-refractivity contribution is 5.92. The lowest BCUT2D eigenvalue weighted by Crippen LogP contribution is -2.22. The van der Waals surface area contributed by atoms with Crippen molar-refractivity contribution in [2.75, 3.05) is 18.5 Å². The van der Waals surface area contributed by atoms with Crippen LogP contribution in [0.4, 0.5) is 5.82 Å². The zero-order valence-corrected chi connectivity index (χ0v) is 17.2. The Morgan fingerprint density at radius 3 is 2.48 bits per heavy atom. The molecule has 0 bridgehead atoms. The van der Waals surface area contributed by atoms with Crippen molar-refractivity contribution < 1.29 is 19.1 Å². The second kappa shape index (κ2) is 11.0. The van der Waals surface area contributed by atoms with Crippen molar-refractivity contribution in [2.45, 2.75) is 46.5 Å². The Hall–Kier alpha value is -3.16. The van der Waals surface area contributed by atoms with Crippen molar-refractivity contribution in [3.05, 3.63) is 41.6 Å². The van der Waals surface area contributed by atoms with Crippen molar-refractivity contribution >= 4 is 23.6 Å². The molecule has 2 aromatic rings. The lowest BCUT2D eigenvalue weighted by atomic mass is 10.2. The van der Waals surface area contributed by atoms with Crippen LogP contribution in [0, 0.1) is 13.8 Å². The highest BCUT2D eigenvalue weighted by Crippen LogP contribution is 2.17. The Morgan fingerprint density at radius 1 is 1.07 bits per heavy atom. The van der Waals surface area contributed by atoms with Crippen LogP contribution in [0.5, 0.6) is 0 Å². The van der Waals surface area contributed by atoms with Gasteiger partial charge in [0.25, 0.3) is 5.91 Å². The van der Waals surface area contributed by atoms with Gasteiger partial charge in [0, 0.05) is 26.0 Å². The third-order valence-electron chi connectivity index (χ3n) is 4.17. The van der Waals surface area contributed by atoms with Crippen molar-refractivity contribution in [3.63, 3.8) is 0 Å². The molecule has 0 atom stereocenters. The second-order valence-corrected chi connectivity index (χ2v) is 6.92. The first-order chi connectivity index (χ1) is 13.8. The lowest BCUT2D eigenvalue weighted by molar-refractivity contribution is -0.147. The van der Waals surface area contributed by atoms with E-state index in [4.69, 9.17) is 4.74 Å². The fourth-order valence-electron chi connectivity index (χ4n) is 2.70. The van der Waals surface area contributed by atoms with Crippen molar-refractivity contribution in [2.24, 2.45) is 0 Å². The number of anilines is 1. The molecule has 0 saturated carbocycles. The number of nitrogens with one attached hydrogen (secondary N) is 2. The fourth-order valence-corrected chi connectivity index (χ4v) is 2.70. The second-order valence-electron chi connectivity index (χ2n) is 6.92. The number of rotatable bonds is 10. The van der Waals surface area contributed by atoms with Gasteiger partial charge in [-0.1, -0.05) is 24.1 Å². The molecule has 1 aromatic carbocycles. The summed E-state index contributed by atoms with van der Waals surface area (Å²) < 4.78 is 6.68. The van der Waals surface area contributed by atoms with Crippen LogP contribution in [0.1, 0.15) is 43.9 Å². The van der Waals surface area contributed by atoms with E-state index in [0.29, 0.717) is 18.8 Å². The predicted molar refractivity (Wildman–Crippen MR) is 110 cm³/mol. The highest BCUT2D eigenvalue weighted by atomic mass is 16.5. The maximum absolute atomic E-state index is 12.2. The molecule has 0 fully saturated rings. The molecule has 0 aliphatic carbocycles. The average Bonchev–Trinajstić information content (AvgIpc) is 3.03. The van der Waals surface area contributed by atoms with E-state index < -0.39 is 11.9 Å². The van der Waals surface area contributed by atoms with E-state index in [-0.39, 0.29) is 18.9 Å². The van der Waals surface area contributed by atoms with E-state index in [1.165, 1.54) is 6.92 Å². The number of aromatic nitrogens is 2.